The number of rotatable bonds is 4. The fourth-order valence-electron chi connectivity index (χ4n) is 2.61. The lowest BCUT2D eigenvalue weighted by Crippen LogP contribution is -2.58. The van der Waals surface area contributed by atoms with Gasteiger partial charge in [0.1, 0.15) is 5.75 Å². The van der Waals surface area contributed by atoms with Crippen molar-refractivity contribution < 1.29 is 14.3 Å². The lowest BCUT2D eigenvalue weighted by Gasteiger charge is -2.41. The molecule has 2 atom stereocenters. The molecule has 4 nitrogen and oxygen atoms in total. The van der Waals surface area contributed by atoms with Gasteiger partial charge in [-0.1, -0.05) is 31.0 Å². The number of nitrogens with one attached hydrogen (secondary N) is 1. The van der Waals surface area contributed by atoms with Gasteiger partial charge in [0.05, 0.1) is 19.8 Å². The molecule has 0 bridgehead atoms. The second-order valence-corrected chi connectivity index (χ2v) is 4.79. The molecule has 0 aromatic heterocycles. The van der Waals surface area contributed by atoms with Crippen molar-refractivity contribution in [2.24, 2.45) is 5.92 Å². The van der Waals surface area contributed by atoms with Crippen molar-refractivity contribution in [2.45, 2.75) is 19.4 Å². The van der Waals surface area contributed by atoms with E-state index in [1.165, 1.54) is 0 Å². The highest BCUT2D eigenvalue weighted by atomic mass is 16.5. The van der Waals surface area contributed by atoms with Crippen molar-refractivity contribution in [1.82, 2.24) is 5.32 Å². The summed E-state index contributed by atoms with van der Waals surface area (Å²) in [4.78, 5) is 12.6. The van der Waals surface area contributed by atoms with Gasteiger partial charge in [-0.25, -0.2) is 4.79 Å². The van der Waals surface area contributed by atoms with Crippen LogP contribution in [0.2, 0.25) is 0 Å². The van der Waals surface area contributed by atoms with Crippen LogP contribution in [0.5, 0.6) is 5.75 Å². The summed E-state index contributed by atoms with van der Waals surface area (Å²) < 4.78 is 11.0. The zero-order chi connectivity index (χ0) is 14.6. The molecule has 0 amide bonds. The summed E-state index contributed by atoms with van der Waals surface area (Å²) in [5.74, 6) is 2.84. The van der Waals surface area contributed by atoms with Crippen LogP contribution in [0.3, 0.4) is 0 Å². The van der Waals surface area contributed by atoms with Gasteiger partial charge in [0, 0.05) is 11.5 Å². The van der Waals surface area contributed by atoms with E-state index in [1.54, 1.807) is 6.92 Å². The average molecular weight is 273 g/mol. The highest BCUT2D eigenvalue weighted by Gasteiger charge is 2.50. The minimum Gasteiger partial charge on any atom is -0.493 e. The number of esters is 1. The Labute approximate surface area is 119 Å². The van der Waals surface area contributed by atoms with Gasteiger partial charge in [-0.05, 0) is 13.0 Å². The Balaban J connectivity index is 2.53. The fraction of sp³-hybridized carbons (Fsp3) is 0.438. The van der Waals surface area contributed by atoms with Crippen LogP contribution in [-0.4, -0.2) is 25.7 Å². The van der Waals surface area contributed by atoms with Gasteiger partial charge in [0.15, 0.2) is 5.54 Å². The maximum atomic E-state index is 12.6. The zero-order valence-corrected chi connectivity index (χ0v) is 11.8. The molecule has 1 N–H and O–H groups in total. The zero-order valence-electron chi connectivity index (χ0n) is 11.8. The standard InChI is InChI=1S/C16H19NO3/c1-4-10-17-16(15(18)19-5-2)12(3)11-20-14-9-7-6-8-13(14)16/h1,6-9,12,17H,5,10-11H2,2-3H3. The predicted molar refractivity (Wildman–Crippen MR) is 76.2 cm³/mol. The van der Waals surface area contributed by atoms with E-state index >= 15 is 0 Å². The summed E-state index contributed by atoms with van der Waals surface area (Å²) in [5.41, 5.74) is -0.163. The number of benzene rings is 1. The maximum absolute atomic E-state index is 12.6. The summed E-state index contributed by atoms with van der Waals surface area (Å²) in [7, 11) is 0. The molecule has 1 aliphatic heterocycles. The molecule has 2 rings (SSSR count). The molecule has 20 heavy (non-hydrogen) atoms. The van der Waals surface area contributed by atoms with Crippen LogP contribution < -0.4 is 10.1 Å². The van der Waals surface area contributed by atoms with E-state index in [4.69, 9.17) is 15.9 Å². The molecule has 4 heteroatoms. The van der Waals surface area contributed by atoms with Gasteiger partial charge in [-0.15, -0.1) is 6.42 Å². The number of fused-ring (bicyclic) bond motifs is 1. The monoisotopic (exact) mass is 273 g/mol. The number of hydrogen-bond donors (Lipinski definition) is 1. The number of hydrogen-bond acceptors (Lipinski definition) is 4. The first-order valence-corrected chi connectivity index (χ1v) is 6.74. The largest absolute Gasteiger partial charge is 0.493 e. The number of terminal acetylenes is 1. The van der Waals surface area contributed by atoms with Crippen LogP contribution in [0.1, 0.15) is 19.4 Å². The van der Waals surface area contributed by atoms with E-state index in [-0.39, 0.29) is 18.4 Å². The first kappa shape index (κ1) is 14.4. The Morgan fingerprint density at radius 3 is 3.05 bits per heavy atom. The average Bonchev–Trinajstić information content (AvgIpc) is 2.47. The van der Waals surface area contributed by atoms with Gasteiger partial charge in [-0.3, -0.25) is 5.32 Å². The van der Waals surface area contributed by atoms with Crippen molar-refractivity contribution in [3.8, 4) is 18.1 Å². The van der Waals surface area contributed by atoms with E-state index < -0.39 is 5.54 Å². The van der Waals surface area contributed by atoms with E-state index in [1.807, 2.05) is 31.2 Å². The summed E-state index contributed by atoms with van der Waals surface area (Å²) >= 11 is 0. The van der Waals surface area contributed by atoms with E-state index in [0.717, 1.165) is 5.56 Å². The van der Waals surface area contributed by atoms with Crippen LogP contribution in [0.4, 0.5) is 0 Å². The van der Waals surface area contributed by atoms with E-state index in [9.17, 15) is 4.79 Å². The fourth-order valence-corrected chi connectivity index (χ4v) is 2.61. The van der Waals surface area contributed by atoms with Crippen LogP contribution in [0.25, 0.3) is 0 Å². The predicted octanol–water partition coefficient (Wildman–Crippen LogP) is 1.70. The first-order chi connectivity index (χ1) is 9.66. The Morgan fingerprint density at radius 1 is 1.60 bits per heavy atom. The van der Waals surface area contributed by atoms with Crippen LogP contribution >= 0.6 is 0 Å². The molecule has 2 unspecified atom stereocenters. The summed E-state index contributed by atoms with van der Waals surface area (Å²) in [6.07, 6.45) is 5.35. The van der Waals surface area contributed by atoms with Gasteiger partial charge < -0.3 is 9.47 Å². The quantitative estimate of drug-likeness (QED) is 0.670. The molecule has 0 saturated heterocycles. The molecule has 0 radical (unpaired) electrons. The molecule has 0 aliphatic carbocycles. The topological polar surface area (TPSA) is 47.6 Å². The van der Waals surface area contributed by atoms with E-state index in [2.05, 4.69) is 11.2 Å². The highest BCUT2D eigenvalue weighted by Crippen LogP contribution is 2.41. The molecule has 1 heterocycles. The Bertz CT molecular complexity index is 535. The molecular weight excluding hydrogens is 254 g/mol. The van der Waals surface area contributed by atoms with Crippen LogP contribution in [0, 0.1) is 18.3 Å². The molecule has 106 valence electrons. The lowest BCUT2D eigenvalue weighted by molar-refractivity contribution is -0.156. The van der Waals surface area contributed by atoms with Gasteiger partial charge in [-0.2, -0.15) is 0 Å². The van der Waals surface area contributed by atoms with Crippen molar-refractivity contribution >= 4 is 5.97 Å². The third kappa shape index (κ3) is 2.25. The number of para-hydroxylation sites is 1. The minimum atomic E-state index is -0.947. The van der Waals surface area contributed by atoms with E-state index in [0.29, 0.717) is 19.0 Å². The summed E-state index contributed by atoms with van der Waals surface area (Å²) in [6.45, 7) is 4.80. The summed E-state index contributed by atoms with van der Waals surface area (Å²) in [5, 5.41) is 3.18. The smallest absolute Gasteiger partial charge is 0.331 e. The van der Waals surface area contributed by atoms with Crippen molar-refractivity contribution in [1.29, 1.82) is 0 Å². The first-order valence-electron chi connectivity index (χ1n) is 6.74. The second-order valence-electron chi connectivity index (χ2n) is 4.79. The maximum Gasteiger partial charge on any atom is 0.331 e. The van der Waals surface area contributed by atoms with Crippen molar-refractivity contribution in [3.63, 3.8) is 0 Å². The molecule has 0 spiro atoms. The Hall–Kier alpha value is -1.99. The molecule has 0 fully saturated rings. The van der Waals surface area contributed by atoms with Crippen LogP contribution in [-0.2, 0) is 15.1 Å². The summed E-state index contributed by atoms with van der Waals surface area (Å²) in [6, 6.07) is 7.50. The molecule has 1 aromatic carbocycles. The second kappa shape index (κ2) is 5.98. The molecule has 1 aromatic rings. The third-order valence-electron chi connectivity index (χ3n) is 3.61. The van der Waals surface area contributed by atoms with Crippen molar-refractivity contribution in [2.75, 3.05) is 19.8 Å². The SMILES string of the molecule is C#CCNC1(C(=O)OCC)c2ccccc2OCC1C. The Kier molecular flexibility index (Phi) is 4.31. The number of carbonyl (C=O) groups excluding carboxylic acids is 1. The van der Waals surface area contributed by atoms with Gasteiger partial charge >= 0.3 is 5.97 Å². The normalized spacial score (nSPS) is 24.1. The van der Waals surface area contributed by atoms with Gasteiger partial charge in [0.25, 0.3) is 0 Å². The van der Waals surface area contributed by atoms with Crippen molar-refractivity contribution in [3.05, 3.63) is 29.8 Å². The molecule has 1 aliphatic rings. The number of carbonyl (C=O) groups is 1. The highest BCUT2D eigenvalue weighted by molar-refractivity contribution is 5.84. The molecular formula is C16H19NO3. The molecule has 0 saturated carbocycles. The third-order valence-corrected chi connectivity index (χ3v) is 3.61. The van der Waals surface area contributed by atoms with Gasteiger partial charge in [0.2, 0.25) is 0 Å². The van der Waals surface area contributed by atoms with Crippen LogP contribution in [0.15, 0.2) is 24.3 Å². The minimum absolute atomic E-state index is 0.0789. The Morgan fingerprint density at radius 2 is 2.35 bits per heavy atom. The lowest BCUT2D eigenvalue weighted by atomic mass is 9.77. The number of ether oxygens (including phenoxy) is 2.